The number of carbonyl (C=O) groups is 1. The lowest BCUT2D eigenvalue weighted by molar-refractivity contribution is -0.109. The van der Waals surface area contributed by atoms with Gasteiger partial charge in [0.2, 0.25) is 0 Å². The maximum absolute atomic E-state index is 10.6. The molecule has 0 bridgehead atoms. The van der Waals surface area contributed by atoms with Crippen LogP contribution in [0.15, 0.2) is 30.3 Å². The van der Waals surface area contributed by atoms with Crippen LogP contribution in [0.3, 0.4) is 0 Å². The van der Waals surface area contributed by atoms with Gasteiger partial charge in [0.1, 0.15) is 12.4 Å². The van der Waals surface area contributed by atoms with E-state index in [-0.39, 0.29) is 11.7 Å². The fraction of sp³-hybridized carbons (Fsp3) is 0.364. The van der Waals surface area contributed by atoms with Crippen molar-refractivity contribution in [2.45, 2.75) is 13.0 Å². The third-order valence-corrected chi connectivity index (χ3v) is 2.62. The second kappa shape index (κ2) is 6.48. The standard InChI is InChI=1S/C11H14O3S/c1-9(12)15-8-10(13)7-14-11-5-3-2-4-6-11/h2-6,10,13H,7-8H2,1H3. The van der Waals surface area contributed by atoms with Crippen LogP contribution in [0.5, 0.6) is 5.75 Å². The zero-order valence-electron chi connectivity index (χ0n) is 8.55. The molecule has 0 amide bonds. The van der Waals surface area contributed by atoms with Gasteiger partial charge in [-0.15, -0.1) is 0 Å². The van der Waals surface area contributed by atoms with Crippen molar-refractivity contribution in [1.82, 2.24) is 0 Å². The highest BCUT2D eigenvalue weighted by atomic mass is 32.2. The highest BCUT2D eigenvalue weighted by molar-refractivity contribution is 8.13. The highest BCUT2D eigenvalue weighted by Crippen LogP contribution is 2.10. The first-order valence-corrected chi connectivity index (χ1v) is 5.66. The number of para-hydroxylation sites is 1. The van der Waals surface area contributed by atoms with Crippen LogP contribution in [0, 0.1) is 0 Å². The highest BCUT2D eigenvalue weighted by Gasteiger charge is 2.06. The Bertz CT molecular complexity index is 300. The molecule has 0 aromatic heterocycles. The van der Waals surface area contributed by atoms with Gasteiger partial charge in [-0.25, -0.2) is 0 Å². The minimum absolute atomic E-state index is 0.00811. The van der Waals surface area contributed by atoms with Gasteiger partial charge in [-0.05, 0) is 12.1 Å². The monoisotopic (exact) mass is 226 g/mol. The molecular formula is C11H14O3S. The van der Waals surface area contributed by atoms with E-state index >= 15 is 0 Å². The first-order valence-electron chi connectivity index (χ1n) is 4.68. The maximum atomic E-state index is 10.6. The van der Waals surface area contributed by atoms with Crippen LogP contribution in [0.25, 0.3) is 0 Å². The van der Waals surface area contributed by atoms with Crippen LogP contribution in [0.1, 0.15) is 6.92 Å². The predicted octanol–water partition coefficient (Wildman–Crippen LogP) is 1.71. The predicted molar refractivity (Wildman–Crippen MR) is 61.1 cm³/mol. The third kappa shape index (κ3) is 5.44. The van der Waals surface area contributed by atoms with Crippen LogP contribution in [-0.4, -0.2) is 28.7 Å². The van der Waals surface area contributed by atoms with Crippen molar-refractivity contribution in [2.24, 2.45) is 0 Å². The second-order valence-corrected chi connectivity index (χ2v) is 4.28. The van der Waals surface area contributed by atoms with Crippen molar-refractivity contribution in [2.75, 3.05) is 12.4 Å². The number of rotatable bonds is 5. The van der Waals surface area contributed by atoms with E-state index in [4.69, 9.17) is 4.74 Å². The molecule has 1 unspecified atom stereocenters. The molecule has 0 aliphatic rings. The summed E-state index contributed by atoms with van der Waals surface area (Å²) in [6, 6.07) is 9.28. The summed E-state index contributed by atoms with van der Waals surface area (Å²) in [6.07, 6.45) is -0.612. The Kier molecular flexibility index (Phi) is 5.21. The van der Waals surface area contributed by atoms with E-state index in [1.54, 1.807) is 0 Å². The molecule has 0 saturated carbocycles. The number of carbonyl (C=O) groups excluding carboxylic acids is 1. The van der Waals surface area contributed by atoms with Crippen molar-refractivity contribution in [1.29, 1.82) is 0 Å². The SMILES string of the molecule is CC(=O)SCC(O)COc1ccccc1. The normalized spacial score (nSPS) is 12.1. The molecule has 1 N–H and O–H groups in total. The summed E-state index contributed by atoms with van der Waals surface area (Å²) in [5, 5.41) is 9.47. The Morgan fingerprint density at radius 3 is 2.73 bits per heavy atom. The summed E-state index contributed by atoms with van der Waals surface area (Å²) in [6.45, 7) is 1.69. The second-order valence-electron chi connectivity index (χ2n) is 3.08. The number of benzene rings is 1. The summed E-state index contributed by atoms with van der Waals surface area (Å²) in [5.41, 5.74) is 0. The molecule has 4 heteroatoms. The van der Waals surface area contributed by atoms with E-state index in [1.807, 2.05) is 30.3 Å². The van der Waals surface area contributed by atoms with E-state index in [1.165, 1.54) is 6.92 Å². The molecule has 0 fully saturated rings. The Morgan fingerprint density at radius 1 is 1.47 bits per heavy atom. The molecule has 82 valence electrons. The Balaban J connectivity index is 2.22. The summed E-state index contributed by atoms with van der Waals surface area (Å²) in [4.78, 5) is 10.6. The number of thioether (sulfide) groups is 1. The van der Waals surface area contributed by atoms with E-state index in [0.29, 0.717) is 5.75 Å². The molecule has 0 aliphatic heterocycles. The van der Waals surface area contributed by atoms with Gasteiger partial charge >= 0.3 is 0 Å². The smallest absolute Gasteiger partial charge is 0.185 e. The number of hydrogen-bond donors (Lipinski definition) is 1. The molecule has 1 aromatic rings. The molecule has 1 rings (SSSR count). The van der Waals surface area contributed by atoms with Gasteiger partial charge < -0.3 is 9.84 Å². The molecular weight excluding hydrogens is 212 g/mol. The number of aliphatic hydroxyl groups is 1. The summed E-state index contributed by atoms with van der Waals surface area (Å²) in [5.74, 6) is 1.10. The lowest BCUT2D eigenvalue weighted by Crippen LogP contribution is -2.20. The van der Waals surface area contributed by atoms with Crippen molar-refractivity contribution in [3.05, 3.63) is 30.3 Å². The van der Waals surface area contributed by atoms with Crippen molar-refractivity contribution >= 4 is 16.9 Å². The molecule has 1 aromatic carbocycles. The van der Waals surface area contributed by atoms with Crippen LogP contribution < -0.4 is 4.74 Å². The molecule has 0 saturated heterocycles. The minimum atomic E-state index is -0.612. The molecule has 1 atom stereocenters. The number of ether oxygens (including phenoxy) is 1. The van der Waals surface area contributed by atoms with Gasteiger partial charge in [0, 0.05) is 12.7 Å². The largest absolute Gasteiger partial charge is 0.491 e. The van der Waals surface area contributed by atoms with Crippen LogP contribution in [0.2, 0.25) is 0 Å². The Morgan fingerprint density at radius 2 is 2.13 bits per heavy atom. The topological polar surface area (TPSA) is 46.5 Å². The van der Waals surface area contributed by atoms with E-state index in [2.05, 4.69) is 0 Å². The summed E-state index contributed by atoms with van der Waals surface area (Å²) >= 11 is 1.11. The first kappa shape index (κ1) is 12.1. The third-order valence-electron chi connectivity index (χ3n) is 1.66. The first-order chi connectivity index (χ1) is 7.18. The molecule has 15 heavy (non-hydrogen) atoms. The molecule has 0 heterocycles. The molecule has 0 spiro atoms. The maximum Gasteiger partial charge on any atom is 0.185 e. The molecule has 0 radical (unpaired) electrons. The Labute approximate surface area is 93.4 Å². The van der Waals surface area contributed by atoms with Crippen molar-refractivity contribution < 1.29 is 14.6 Å². The van der Waals surface area contributed by atoms with E-state index in [9.17, 15) is 9.90 Å². The van der Waals surface area contributed by atoms with Gasteiger partial charge in [0.15, 0.2) is 5.12 Å². The van der Waals surface area contributed by atoms with Gasteiger partial charge in [-0.2, -0.15) is 0 Å². The quantitative estimate of drug-likeness (QED) is 0.830. The fourth-order valence-corrected chi connectivity index (χ4v) is 1.49. The lowest BCUT2D eigenvalue weighted by Gasteiger charge is -2.10. The average Bonchev–Trinajstić information content (AvgIpc) is 2.25. The Hall–Kier alpha value is -1.00. The average molecular weight is 226 g/mol. The summed E-state index contributed by atoms with van der Waals surface area (Å²) in [7, 11) is 0. The fourth-order valence-electron chi connectivity index (χ4n) is 0.971. The van der Waals surface area contributed by atoms with E-state index < -0.39 is 6.10 Å². The molecule has 0 aliphatic carbocycles. The zero-order chi connectivity index (χ0) is 11.1. The van der Waals surface area contributed by atoms with Crippen LogP contribution in [0.4, 0.5) is 0 Å². The number of aliphatic hydroxyl groups excluding tert-OH is 1. The van der Waals surface area contributed by atoms with Crippen molar-refractivity contribution in [3.63, 3.8) is 0 Å². The van der Waals surface area contributed by atoms with E-state index in [0.717, 1.165) is 17.5 Å². The zero-order valence-corrected chi connectivity index (χ0v) is 9.37. The van der Waals surface area contributed by atoms with Gasteiger partial charge in [0.25, 0.3) is 0 Å². The van der Waals surface area contributed by atoms with Gasteiger partial charge in [0.05, 0.1) is 6.10 Å². The minimum Gasteiger partial charge on any atom is -0.491 e. The van der Waals surface area contributed by atoms with Crippen LogP contribution in [-0.2, 0) is 4.79 Å². The van der Waals surface area contributed by atoms with Crippen LogP contribution >= 0.6 is 11.8 Å². The van der Waals surface area contributed by atoms with Gasteiger partial charge in [-0.1, -0.05) is 30.0 Å². The lowest BCUT2D eigenvalue weighted by atomic mass is 10.3. The number of hydrogen-bond acceptors (Lipinski definition) is 4. The van der Waals surface area contributed by atoms with Gasteiger partial charge in [-0.3, -0.25) is 4.79 Å². The summed E-state index contributed by atoms with van der Waals surface area (Å²) < 4.78 is 5.33. The van der Waals surface area contributed by atoms with Crippen molar-refractivity contribution in [3.8, 4) is 5.75 Å². The molecule has 3 nitrogen and oxygen atoms in total.